The van der Waals surface area contributed by atoms with Crippen LogP contribution in [0.2, 0.25) is 0 Å². The van der Waals surface area contributed by atoms with Crippen molar-refractivity contribution in [1.29, 1.82) is 0 Å². The van der Waals surface area contributed by atoms with Crippen LogP contribution in [0.5, 0.6) is 0 Å². The van der Waals surface area contributed by atoms with Crippen LogP contribution < -0.4 is 4.90 Å². The zero-order valence-corrected chi connectivity index (χ0v) is 16.1. The molecule has 3 aromatic rings. The molecule has 5 rings (SSSR count). The SMILES string of the molecule is CCN1C(=O)c2cccc(N3CCC(c4noc5cc(F)ccc45)CC3)c2C1O. The number of anilines is 1. The number of aliphatic hydroxyl groups is 1. The van der Waals surface area contributed by atoms with Crippen LogP contribution in [0.4, 0.5) is 10.1 Å². The van der Waals surface area contributed by atoms with Crippen molar-refractivity contribution < 1.29 is 18.8 Å². The number of nitrogens with zero attached hydrogens (tertiary/aromatic N) is 3. The van der Waals surface area contributed by atoms with Crippen molar-refractivity contribution in [2.45, 2.75) is 31.9 Å². The van der Waals surface area contributed by atoms with Gasteiger partial charge in [-0.1, -0.05) is 11.2 Å². The number of hydrogen-bond acceptors (Lipinski definition) is 5. The highest BCUT2D eigenvalue weighted by Crippen LogP contribution is 2.41. The number of piperidine rings is 1. The molecule has 0 bridgehead atoms. The minimum absolute atomic E-state index is 0.118. The van der Waals surface area contributed by atoms with Gasteiger partial charge in [-0.05, 0) is 44.0 Å². The number of carbonyl (C=O) groups is 1. The maximum Gasteiger partial charge on any atom is 0.256 e. The lowest BCUT2D eigenvalue weighted by atomic mass is 9.91. The number of hydrogen-bond donors (Lipinski definition) is 1. The van der Waals surface area contributed by atoms with Crippen molar-refractivity contribution >= 4 is 22.6 Å². The largest absolute Gasteiger partial charge is 0.371 e. The number of fused-ring (bicyclic) bond motifs is 2. The smallest absolute Gasteiger partial charge is 0.256 e. The van der Waals surface area contributed by atoms with Crippen LogP contribution in [0.1, 0.15) is 53.5 Å². The molecule has 7 heteroatoms. The first-order valence-electron chi connectivity index (χ1n) is 10.00. The van der Waals surface area contributed by atoms with E-state index < -0.39 is 6.23 Å². The van der Waals surface area contributed by atoms with Gasteiger partial charge in [0.2, 0.25) is 0 Å². The summed E-state index contributed by atoms with van der Waals surface area (Å²) in [5.41, 5.74) is 3.57. The van der Waals surface area contributed by atoms with E-state index in [2.05, 4.69) is 10.1 Å². The summed E-state index contributed by atoms with van der Waals surface area (Å²) in [7, 11) is 0. The van der Waals surface area contributed by atoms with E-state index in [4.69, 9.17) is 4.52 Å². The van der Waals surface area contributed by atoms with E-state index in [0.29, 0.717) is 23.3 Å². The van der Waals surface area contributed by atoms with Crippen LogP contribution in [-0.2, 0) is 0 Å². The fourth-order valence-electron chi connectivity index (χ4n) is 4.64. The van der Waals surface area contributed by atoms with Gasteiger partial charge < -0.3 is 19.4 Å². The Bertz CT molecular complexity index is 1090. The van der Waals surface area contributed by atoms with Crippen LogP contribution in [-0.4, -0.2) is 40.7 Å². The summed E-state index contributed by atoms with van der Waals surface area (Å²) in [5, 5.41) is 15.8. The molecule has 1 N–H and O–H groups in total. The van der Waals surface area contributed by atoms with E-state index in [1.54, 1.807) is 12.1 Å². The van der Waals surface area contributed by atoms with Crippen LogP contribution in [0.3, 0.4) is 0 Å². The second-order valence-corrected chi connectivity index (χ2v) is 7.67. The molecule has 6 nitrogen and oxygen atoms in total. The molecule has 1 fully saturated rings. The Morgan fingerprint density at radius 3 is 2.79 bits per heavy atom. The van der Waals surface area contributed by atoms with Gasteiger partial charge in [-0.3, -0.25) is 4.79 Å². The Hall–Kier alpha value is -2.93. The third kappa shape index (κ3) is 2.80. The van der Waals surface area contributed by atoms with Gasteiger partial charge >= 0.3 is 0 Å². The molecule has 2 aliphatic rings. The molecule has 29 heavy (non-hydrogen) atoms. The molecule has 1 atom stereocenters. The Morgan fingerprint density at radius 1 is 1.24 bits per heavy atom. The van der Waals surface area contributed by atoms with Gasteiger partial charge in [0, 0.05) is 53.8 Å². The summed E-state index contributed by atoms with van der Waals surface area (Å²) < 4.78 is 18.7. The number of halogens is 1. The Labute approximate surface area is 167 Å². The minimum atomic E-state index is -0.897. The number of amides is 1. The highest BCUT2D eigenvalue weighted by atomic mass is 19.1. The maximum absolute atomic E-state index is 13.4. The predicted molar refractivity (Wildman–Crippen MR) is 106 cm³/mol. The molecular weight excluding hydrogens is 373 g/mol. The summed E-state index contributed by atoms with van der Waals surface area (Å²) in [5.74, 6) is -0.219. The Morgan fingerprint density at radius 2 is 2.03 bits per heavy atom. The van der Waals surface area contributed by atoms with Crippen LogP contribution in [0, 0.1) is 5.82 Å². The lowest BCUT2D eigenvalue weighted by Crippen LogP contribution is -2.34. The molecule has 0 aliphatic carbocycles. The molecule has 0 spiro atoms. The van der Waals surface area contributed by atoms with E-state index in [1.807, 2.05) is 19.1 Å². The van der Waals surface area contributed by atoms with Gasteiger partial charge in [-0.25, -0.2) is 4.39 Å². The molecule has 1 unspecified atom stereocenters. The fraction of sp³-hybridized carbons (Fsp3) is 0.364. The van der Waals surface area contributed by atoms with Crippen molar-refractivity contribution in [3.63, 3.8) is 0 Å². The molecule has 2 aromatic carbocycles. The Kier molecular flexibility index (Phi) is 4.28. The molecule has 3 heterocycles. The summed E-state index contributed by atoms with van der Waals surface area (Å²) in [6.45, 7) is 3.90. The monoisotopic (exact) mass is 395 g/mol. The van der Waals surface area contributed by atoms with E-state index in [1.165, 1.54) is 17.0 Å². The molecule has 1 saturated heterocycles. The highest BCUT2D eigenvalue weighted by molar-refractivity contribution is 6.00. The topological polar surface area (TPSA) is 69.8 Å². The maximum atomic E-state index is 13.4. The lowest BCUT2D eigenvalue weighted by Gasteiger charge is -2.34. The lowest BCUT2D eigenvalue weighted by molar-refractivity contribution is 0.0204. The Balaban J connectivity index is 1.39. The average Bonchev–Trinajstić information content (AvgIpc) is 3.26. The molecular formula is C22H22FN3O3. The number of aromatic nitrogens is 1. The van der Waals surface area contributed by atoms with Gasteiger partial charge in [-0.15, -0.1) is 0 Å². The van der Waals surface area contributed by atoms with Gasteiger partial charge in [-0.2, -0.15) is 0 Å². The number of rotatable bonds is 3. The number of aliphatic hydroxyl groups excluding tert-OH is 1. The van der Waals surface area contributed by atoms with E-state index in [0.717, 1.165) is 42.7 Å². The van der Waals surface area contributed by atoms with Crippen LogP contribution in [0.15, 0.2) is 40.9 Å². The van der Waals surface area contributed by atoms with Crippen molar-refractivity contribution in [2.75, 3.05) is 24.5 Å². The molecule has 0 saturated carbocycles. The summed E-state index contributed by atoms with van der Waals surface area (Å²) in [6.07, 6.45) is 0.833. The van der Waals surface area contributed by atoms with Crippen LogP contribution in [0.25, 0.3) is 11.0 Å². The first-order chi connectivity index (χ1) is 14.1. The zero-order chi connectivity index (χ0) is 20.1. The molecule has 1 aromatic heterocycles. The summed E-state index contributed by atoms with van der Waals surface area (Å²) in [4.78, 5) is 16.2. The molecule has 0 radical (unpaired) electrons. The van der Waals surface area contributed by atoms with Gasteiger partial charge in [0.05, 0.1) is 5.69 Å². The predicted octanol–water partition coefficient (Wildman–Crippen LogP) is 3.82. The van der Waals surface area contributed by atoms with Crippen molar-refractivity contribution in [1.82, 2.24) is 10.1 Å². The van der Waals surface area contributed by atoms with E-state index in [9.17, 15) is 14.3 Å². The second-order valence-electron chi connectivity index (χ2n) is 7.67. The third-order valence-electron chi connectivity index (χ3n) is 6.15. The zero-order valence-electron chi connectivity index (χ0n) is 16.1. The van der Waals surface area contributed by atoms with Gasteiger partial charge in [0.25, 0.3) is 5.91 Å². The number of benzene rings is 2. The second kappa shape index (κ2) is 6.84. The summed E-state index contributed by atoms with van der Waals surface area (Å²) >= 11 is 0. The normalized spacial score (nSPS) is 20.0. The minimum Gasteiger partial charge on any atom is -0.371 e. The molecule has 150 valence electrons. The van der Waals surface area contributed by atoms with Crippen molar-refractivity contribution in [2.24, 2.45) is 0 Å². The van der Waals surface area contributed by atoms with Crippen LogP contribution >= 0.6 is 0 Å². The van der Waals surface area contributed by atoms with E-state index >= 15 is 0 Å². The summed E-state index contributed by atoms with van der Waals surface area (Å²) in [6, 6.07) is 10.2. The third-order valence-corrected chi connectivity index (χ3v) is 6.15. The van der Waals surface area contributed by atoms with Crippen molar-refractivity contribution in [3.8, 4) is 0 Å². The van der Waals surface area contributed by atoms with Gasteiger partial charge in [0.15, 0.2) is 11.8 Å². The first-order valence-corrected chi connectivity index (χ1v) is 10.00. The molecule has 1 amide bonds. The quantitative estimate of drug-likeness (QED) is 0.730. The van der Waals surface area contributed by atoms with E-state index in [-0.39, 0.29) is 17.6 Å². The standard InChI is InChI=1S/C22H22FN3O3/c1-2-26-21(27)16-4-3-5-17(19(16)22(26)28)25-10-8-13(9-11-25)20-15-7-6-14(23)12-18(15)29-24-20/h3-7,12-13,22,28H,2,8-11H2,1H3. The van der Waals surface area contributed by atoms with Gasteiger partial charge in [0.1, 0.15) is 5.82 Å². The number of carbonyl (C=O) groups excluding carboxylic acids is 1. The average molecular weight is 395 g/mol. The first kappa shape index (κ1) is 18.1. The molecule has 2 aliphatic heterocycles. The highest BCUT2D eigenvalue weighted by Gasteiger charge is 2.38. The fourth-order valence-corrected chi connectivity index (χ4v) is 4.64. The van der Waals surface area contributed by atoms with Crippen molar-refractivity contribution in [3.05, 3.63) is 59.0 Å².